The molecule has 1 amide bonds. The van der Waals surface area contributed by atoms with E-state index in [1.165, 1.54) is 4.90 Å². The molecule has 1 aliphatic heterocycles. The Balaban J connectivity index is 0.00000176. The molecule has 2 heterocycles. The molecule has 1 aromatic carbocycles. The van der Waals surface area contributed by atoms with Gasteiger partial charge in [0.2, 0.25) is 0 Å². The van der Waals surface area contributed by atoms with Crippen LogP contribution in [0.5, 0.6) is 0 Å². The van der Waals surface area contributed by atoms with Crippen LogP contribution in [-0.4, -0.2) is 51.6 Å². The van der Waals surface area contributed by atoms with Crippen LogP contribution in [0.15, 0.2) is 29.1 Å². The Labute approximate surface area is 133 Å². The number of carboxylic acid groups (broad SMARTS) is 1. The van der Waals surface area contributed by atoms with Gasteiger partial charge in [0.05, 0.1) is 10.9 Å². The molecule has 3 N–H and O–H groups in total. The fourth-order valence-corrected chi connectivity index (χ4v) is 2.80. The molecule has 120 valence electrons. The van der Waals surface area contributed by atoms with Crippen molar-refractivity contribution in [1.29, 1.82) is 0 Å². The number of aryl methyl sites for hydroxylation is 1. The average Bonchev–Trinajstić information content (AvgIpc) is 2.82. The summed E-state index contributed by atoms with van der Waals surface area (Å²) in [6.45, 7) is 2.32. The predicted molar refractivity (Wildman–Crippen MR) is 85.8 cm³/mol. The van der Waals surface area contributed by atoms with E-state index in [0.717, 1.165) is 11.9 Å². The quantitative estimate of drug-likeness (QED) is 0.787. The largest absolute Gasteiger partial charge is 0.465 e. The number of aromatic nitrogens is 2. The van der Waals surface area contributed by atoms with Gasteiger partial charge in [0.15, 0.2) is 0 Å². The fraction of sp³-hybridized carbons (Fsp3) is 0.429. The zero-order chi connectivity index (χ0) is 14.8. The predicted octanol–water partition coefficient (Wildman–Crippen LogP) is 1.09. The summed E-state index contributed by atoms with van der Waals surface area (Å²) in [6, 6.07) is 7.56. The first-order valence-electron chi connectivity index (χ1n) is 7.04. The van der Waals surface area contributed by atoms with Crippen molar-refractivity contribution >= 4 is 29.4 Å². The molecule has 7 nitrogen and oxygen atoms in total. The average molecular weight is 327 g/mol. The van der Waals surface area contributed by atoms with Crippen molar-refractivity contribution in [1.82, 2.24) is 20.0 Å². The highest BCUT2D eigenvalue weighted by molar-refractivity contribution is 5.85. The monoisotopic (exact) mass is 326 g/mol. The van der Waals surface area contributed by atoms with Crippen LogP contribution in [0.4, 0.5) is 4.79 Å². The number of hydrogen-bond acceptors (Lipinski definition) is 3. The second kappa shape index (κ2) is 6.85. The van der Waals surface area contributed by atoms with Crippen LogP contribution in [0.25, 0.3) is 10.9 Å². The van der Waals surface area contributed by atoms with E-state index in [0.29, 0.717) is 31.6 Å². The molecule has 0 radical (unpaired) electrons. The van der Waals surface area contributed by atoms with Gasteiger partial charge in [0, 0.05) is 32.2 Å². The lowest BCUT2D eigenvalue weighted by Gasteiger charge is -2.31. The van der Waals surface area contributed by atoms with E-state index in [1.807, 2.05) is 22.9 Å². The summed E-state index contributed by atoms with van der Waals surface area (Å²) in [5.74, 6) is 0. The van der Waals surface area contributed by atoms with Crippen molar-refractivity contribution in [2.75, 3.05) is 19.6 Å². The number of rotatable bonds is 3. The highest BCUT2D eigenvalue weighted by Crippen LogP contribution is 2.11. The van der Waals surface area contributed by atoms with Crippen LogP contribution >= 0.6 is 12.4 Å². The molecule has 3 rings (SSSR count). The third-order valence-corrected chi connectivity index (χ3v) is 3.90. The van der Waals surface area contributed by atoms with Gasteiger partial charge < -0.3 is 15.3 Å². The number of nitrogens with one attached hydrogen (secondary N) is 2. The van der Waals surface area contributed by atoms with Gasteiger partial charge in [-0.1, -0.05) is 12.1 Å². The second-order valence-corrected chi connectivity index (χ2v) is 5.28. The highest BCUT2D eigenvalue weighted by Gasteiger charge is 2.22. The summed E-state index contributed by atoms with van der Waals surface area (Å²) in [4.78, 5) is 24.2. The van der Waals surface area contributed by atoms with Crippen molar-refractivity contribution < 1.29 is 9.90 Å². The van der Waals surface area contributed by atoms with Crippen LogP contribution in [0, 0.1) is 0 Å². The Kier molecular flexibility index (Phi) is 5.10. The number of fused-ring (bicyclic) bond motifs is 1. The summed E-state index contributed by atoms with van der Waals surface area (Å²) in [5.41, 5.74) is 0.794. The minimum absolute atomic E-state index is 0. The van der Waals surface area contributed by atoms with Gasteiger partial charge in [-0.15, -0.1) is 12.4 Å². The Morgan fingerprint density at radius 2 is 2.14 bits per heavy atom. The molecule has 8 heteroatoms. The van der Waals surface area contributed by atoms with Crippen molar-refractivity contribution in [2.45, 2.75) is 19.0 Å². The second-order valence-electron chi connectivity index (χ2n) is 5.28. The number of amides is 1. The molecule has 0 bridgehead atoms. The zero-order valence-corrected chi connectivity index (χ0v) is 12.8. The maximum atomic E-state index is 11.8. The maximum Gasteiger partial charge on any atom is 0.407 e. The van der Waals surface area contributed by atoms with Crippen LogP contribution in [0.3, 0.4) is 0 Å². The van der Waals surface area contributed by atoms with Gasteiger partial charge in [0.25, 0.3) is 5.56 Å². The number of carbonyl (C=O) groups is 1. The van der Waals surface area contributed by atoms with Crippen LogP contribution in [-0.2, 0) is 6.54 Å². The van der Waals surface area contributed by atoms with E-state index in [4.69, 9.17) is 5.11 Å². The molecular formula is C14H19ClN4O3. The summed E-state index contributed by atoms with van der Waals surface area (Å²) in [6.07, 6.45) is -0.111. The van der Waals surface area contributed by atoms with Crippen molar-refractivity contribution in [2.24, 2.45) is 0 Å². The minimum Gasteiger partial charge on any atom is -0.465 e. The Morgan fingerprint density at radius 1 is 1.36 bits per heavy atom. The zero-order valence-electron chi connectivity index (χ0n) is 12.0. The molecule has 1 aromatic heterocycles. The molecule has 1 aliphatic rings. The molecule has 0 saturated carbocycles. The first kappa shape index (κ1) is 16.4. The van der Waals surface area contributed by atoms with Crippen LogP contribution in [0.1, 0.15) is 6.42 Å². The number of halogens is 1. The van der Waals surface area contributed by atoms with E-state index in [1.54, 1.807) is 6.07 Å². The normalized spacial score (nSPS) is 18.2. The van der Waals surface area contributed by atoms with Gasteiger partial charge in [-0.05, 0) is 18.6 Å². The molecule has 1 atom stereocenters. The van der Waals surface area contributed by atoms with Crippen molar-refractivity contribution in [3.05, 3.63) is 34.6 Å². The van der Waals surface area contributed by atoms with E-state index >= 15 is 0 Å². The number of piperazine rings is 1. The summed E-state index contributed by atoms with van der Waals surface area (Å²) in [5, 5.41) is 15.9. The fourth-order valence-electron chi connectivity index (χ4n) is 2.80. The third kappa shape index (κ3) is 3.26. The number of H-pyrrole nitrogens is 1. The molecule has 1 saturated heterocycles. The standard InChI is InChI=1S/C14H18N4O3.ClH/c19-13-11-3-1-2-4-12(11)18(16-13)7-5-10-9-17(14(20)21)8-6-15-10;/h1-4,10,15H,5-9H2,(H,16,19)(H,20,21);1H. The smallest absolute Gasteiger partial charge is 0.407 e. The minimum atomic E-state index is -0.874. The van der Waals surface area contributed by atoms with Crippen molar-refractivity contribution in [3.63, 3.8) is 0 Å². The van der Waals surface area contributed by atoms with E-state index in [2.05, 4.69) is 10.4 Å². The van der Waals surface area contributed by atoms with E-state index in [-0.39, 0.29) is 24.0 Å². The van der Waals surface area contributed by atoms with Gasteiger partial charge in [-0.2, -0.15) is 0 Å². The van der Waals surface area contributed by atoms with Crippen molar-refractivity contribution in [3.8, 4) is 0 Å². The molecule has 0 spiro atoms. The Hall–Kier alpha value is -1.99. The van der Waals surface area contributed by atoms with Crippen LogP contribution in [0.2, 0.25) is 0 Å². The van der Waals surface area contributed by atoms with Gasteiger partial charge in [-0.3, -0.25) is 14.6 Å². The number of para-hydroxylation sites is 1. The lowest BCUT2D eigenvalue weighted by molar-refractivity contribution is 0.126. The van der Waals surface area contributed by atoms with E-state index < -0.39 is 6.09 Å². The molecule has 2 aromatic rings. The SMILES string of the molecule is Cl.O=C(O)N1CCNC(CCn2[nH]c(=O)c3ccccc32)C1. The lowest BCUT2D eigenvalue weighted by Crippen LogP contribution is -2.52. The topological polar surface area (TPSA) is 90.4 Å². The van der Waals surface area contributed by atoms with Crippen LogP contribution < -0.4 is 10.9 Å². The molecular weight excluding hydrogens is 308 g/mol. The van der Waals surface area contributed by atoms with Gasteiger partial charge >= 0.3 is 6.09 Å². The Morgan fingerprint density at radius 3 is 2.91 bits per heavy atom. The van der Waals surface area contributed by atoms with E-state index in [9.17, 15) is 9.59 Å². The Bertz CT molecular complexity index is 711. The first-order chi connectivity index (χ1) is 10.1. The number of hydrogen-bond donors (Lipinski definition) is 3. The summed E-state index contributed by atoms with van der Waals surface area (Å²) < 4.78 is 1.83. The summed E-state index contributed by atoms with van der Waals surface area (Å²) >= 11 is 0. The maximum absolute atomic E-state index is 11.8. The molecule has 22 heavy (non-hydrogen) atoms. The number of benzene rings is 1. The van der Waals surface area contributed by atoms with Gasteiger partial charge in [-0.25, -0.2) is 4.79 Å². The highest BCUT2D eigenvalue weighted by atomic mass is 35.5. The molecule has 1 unspecified atom stereocenters. The number of aromatic amines is 1. The molecule has 1 fully saturated rings. The summed E-state index contributed by atoms with van der Waals surface area (Å²) in [7, 11) is 0. The first-order valence-corrected chi connectivity index (χ1v) is 7.04. The lowest BCUT2D eigenvalue weighted by atomic mass is 10.1. The molecule has 0 aliphatic carbocycles. The third-order valence-electron chi connectivity index (χ3n) is 3.90. The van der Waals surface area contributed by atoms with Gasteiger partial charge in [0.1, 0.15) is 0 Å². The number of nitrogens with zero attached hydrogens (tertiary/aromatic N) is 2.